The number of rotatable bonds is 0. The summed E-state index contributed by atoms with van der Waals surface area (Å²) in [6, 6.07) is 23.7. The van der Waals surface area contributed by atoms with Crippen molar-refractivity contribution >= 4 is 11.6 Å². The molecule has 0 unspecified atom stereocenters. The van der Waals surface area contributed by atoms with Gasteiger partial charge in [-0.3, -0.25) is 9.59 Å². The summed E-state index contributed by atoms with van der Waals surface area (Å²) in [5.74, 6) is -0.561. The Kier molecular flexibility index (Phi) is 19.0. The highest BCUT2D eigenvalue weighted by Gasteiger charge is 2.34. The van der Waals surface area contributed by atoms with Gasteiger partial charge in [-0.1, -0.05) is 114 Å². The van der Waals surface area contributed by atoms with Crippen LogP contribution in [0.2, 0.25) is 0 Å². The summed E-state index contributed by atoms with van der Waals surface area (Å²) in [4.78, 5) is 22.8. The second-order valence-corrected chi connectivity index (χ2v) is 7.16. The van der Waals surface area contributed by atoms with Gasteiger partial charge in [0.15, 0.2) is 11.6 Å². The molecular formula is C32H46O2. The molecule has 0 amide bonds. The maximum absolute atomic E-state index is 11.4. The van der Waals surface area contributed by atoms with E-state index in [4.69, 9.17) is 0 Å². The van der Waals surface area contributed by atoms with Crippen LogP contribution in [0.4, 0.5) is 0 Å². The second kappa shape index (κ2) is 19.5. The summed E-state index contributed by atoms with van der Waals surface area (Å²) in [6.07, 6.45) is 0. The van der Waals surface area contributed by atoms with E-state index < -0.39 is 5.92 Å². The molecule has 0 aliphatic heterocycles. The Hall–Kier alpha value is -3.00. The van der Waals surface area contributed by atoms with Crippen LogP contribution in [-0.2, 0) is 0 Å². The summed E-state index contributed by atoms with van der Waals surface area (Å²) in [5.41, 5.74) is 6.63. The number of carbonyl (C=O) groups excluding carboxylic acids is 2. The van der Waals surface area contributed by atoms with Crippen LogP contribution in [0.3, 0.4) is 0 Å². The lowest BCUT2D eigenvalue weighted by Crippen LogP contribution is -2.09. The average Bonchev–Trinajstić information content (AvgIpc) is 3.11. The first-order chi connectivity index (χ1) is 16.3. The SMILES string of the molecule is CC.CC.CC.CC1C(=O)c2ccccc2C1=O.Cc1ccccc1C.Cc1ccccc1C. The largest absolute Gasteiger partial charge is 0.293 e. The van der Waals surface area contributed by atoms with E-state index in [1.807, 2.05) is 41.5 Å². The predicted octanol–water partition coefficient (Wildman–Crippen LogP) is 9.39. The third-order valence-corrected chi connectivity index (χ3v) is 5.10. The van der Waals surface area contributed by atoms with Gasteiger partial charge in [0.2, 0.25) is 0 Å². The topological polar surface area (TPSA) is 34.1 Å². The molecular weight excluding hydrogens is 416 g/mol. The number of benzene rings is 3. The minimum absolute atomic E-state index is 0.0457. The molecule has 1 aliphatic carbocycles. The van der Waals surface area contributed by atoms with Crippen molar-refractivity contribution in [3.05, 3.63) is 106 Å². The molecule has 2 nitrogen and oxygen atoms in total. The highest BCUT2D eigenvalue weighted by Crippen LogP contribution is 2.25. The zero-order valence-corrected chi connectivity index (χ0v) is 23.3. The summed E-state index contributed by atoms with van der Waals surface area (Å²) >= 11 is 0. The first kappa shape index (κ1) is 33.2. The van der Waals surface area contributed by atoms with E-state index in [1.165, 1.54) is 22.3 Å². The lowest BCUT2D eigenvalue weighted by molar-refractivity contribution is 0.0852. The molecule has 0 N–H and O–H groups in total. The molecule has 0 aromatic heterocycles. The first-order valence-electron chi connectivity index (χ1n) is 12.5. The van der Waals surface area contributed by atoms with Gasteiger partial charge in [0.25, 0.3) is 0 Å². The van der Waals surface area contributed by atoms with Gasteiger partial charge in [-0.15, -0.1) is 0 Å². The molecule has 0 saturated carbocycles. The van der Waals surface area contributed by atoms with Crippen molar-refractivity contribution in [3.8, 4) is 0 Å². The van der Waals surface area contributed by atoms with Crippen LogP contribution < -0.4 is 0 Å². The smallest absolute Gasteiger partial charge is 0.174 e. The lowest BCUT2D eigenvalue weighted by Gasteiger charge is -1.93. The summed E-state index contributed by atoms with van der Waals surface area (Å²) in [6.45, 7) is 22.1. The van der Waals surface area contributed by atoms with Crippen molar-refractivity contribution < 1.29 is 9.59 Å². The zero-order valence-electron chi connectivity index (χ0n) is 23.3. The monoisotopic (exact) mass is 462 g/mol. The van der Waals surface area contributed by atoms with Gasteiger partial charge in [-0.05, 0) is 56.9 Å². The van der Waals surface area contributed by atoms with Gasteiger partial charge in [-0.2, -0.15) is 0 Å². The number of fused-ring (bicyclic) bond motifs is 1. The summed E-state index contributed by atoms with van der Waals surface area (Å²) in [7, 11) is 0. The van der Waals surface area contributed by atoms with E-state index in [-0.39, 0.29) is 11.6 Å². The fraction of sp³-hybridized carbons (Fsp3) is 0.375. The van der Waals surface area contributed by atoms with E-state index in [1.54, 1.807) is 31.2 Å². The highest BCUT2D eigenvalue weighted by molar-refractivity contribution is 6.26. The molecule has 186 valence electrons. The van der Waals surface area contributed by atoms with Crippen LogP contribution in [0.1, 0.15) is 91.4 Å². The summed E-state index contributed by atoms with van der Waals surface area (Å²) in [5, 5.41) is 0. The van der Waals surface area contributed by atoms with Crippen molar-refractivity contribution in [1.29, 1.82) is 0 Å². The molecule has 0 saturated heterocycles. The number of hydrogen-bond acceptors (Lipinski definition) is 2. The molecule has 0 spiro atoms. The van der Waals surface area contributed by atoms with Gasteiger partial charge >= 0.3 is 0 Å². The normalized spacial score (nSPS) is 10.8. The Balaban J connectivity index is 0. The van der Waals surface area contributed by atoms with Gasteiger partial charge < -0.3 is 0 Å². The molecule has 3 aromatic carbocycles. The second-order valence-electron chi connectivity index (χ2n) is 7.16. The standard InChI is InChI=1S/C10H8O2.2C8H10.3C2H6/c1-6-9(11)7-4-2-3-5-8(7)10(6)12;2*1-7-5-3-4-6-8(7)2;3*1-2/h2-6H,1H3;2*3-6H,1-2H3;3*1-2H3. The van der Waals surface area contributed by atoms with Gasteiger partial charge in [0.05, 0.1) is 5.92 Å². The zero-order chi connectivity index (χ0) is 26.7. The molecule has 1 aliphatic rings. The van der Waals surface area contributed by atoms with Crippen LogP contribution in [0.15, 0.2) is 72.8 Å². The van der Waals surface area contributed by atoms with Gasteiger partial charge in [-0.25, -0.2) is 0 Å². The Morgan fingerprint density at radius 3 is 0.853 bits per heavy atom. The number of ketones is 2. The number of hydrogen-bond donors (Lipinski definition) is 0. The van der Waals surface area contributed by atoms with Crippen LogP contribution >= 0.6 is 0 Å². The molecule has 2 heteroatoms. The van der Waals surface area contributed by atoms with E-state index in [0.717, 1.165) is 0 Å². The fourth-order valence-electron chi connectivity index (χ4n) is 2.82. The quantitative estimate of drug-likeness (QED) is 0.312. The van der Waals surface area contributed by atoms with Crippen molar-refractivity contribution in [3.63, 3.8) is 0 Å². The fourth-order valence-corrected chi connectivity index (χ4v) is 2.82. The Morgan fingerprint density at radius 1 is 0.441 bits per heavy atom. The van der Waals surface area contributed by atoms with Crippen LogP contribution in [0.25, 0.3) is 0 Å². The van der Waals surface area contributed by atoms with Crippen molar-refractivity contribution in [2.75, 3.05) is 0 Å². The van der Waals surface area contributed by atoms with Crippen LogP contribution in [-0.4, -0.2) is 11.6 Å². The predicted molar refractivity (Wildman–Crippen MR) is 150 cm³/mol. The maximum atomic E-state index is 11.4. The summed E-state index contributed by atoms with van der Waals surface area (Å²) < 4.78 is 0. The Labute approximate surface area is 209 Å². The maximum Gasteiger partial charge on any atom is 0.174 e. The average molecular weight is 463 g/mol. The number of carbonyl (C=O) groups is 2. The molecule has 3 aromatic rings. The minimum atomic E-state index is -0.470. The van der Waals surface area contributed by atoms with Crippen LogP contribution in [0, 0.1) is 33.6 Å². The lowest BCUT2D eigenvalue weighted by atomic mass is 10.1. The van der Waals surface area contributed by atoms with Crippen molar-refractivity contribution in [2.45, 2.75) is 76.2 Å². The number of Topliss-reactive ketones (excluding diaryl/α,β-unsaturated/α-hetero) is 2. The first-order valence-corrected chi connectivity index (χ1v) is 12.5. The molecule has 4 rings (SSSR count). The molecule has 0 heterocycles. The molecule has 0 radical (unpaired) electrons. The molecule has 0 fully saturated rings. The van der Waals surface area contributed by atoms with E-state index >= 15 is 0 Å². The van der Waals surface area contributed by atoms with E-state index in [2.05, 4.69) is 76.2 Å². The van der Waals surface area contributed by atoms with Gasteiger partial charge in [0, 0.05) is 11.1 Å². The van der Waals surface area contributed by atoms with E-state index in [0.29, 0.717) is 11.1 Å². The molecule has 34 heavy (non-hydrogen) atoms. The molecule has 0 atom stereocenters. The Morgan fingerprint density at radius 2 is 0.647 bits per heavy atom. The number of aryl methyl sites for hydroxylation is 4. The van der Waals surface area contributed by atoms with Gasteiger partial charge in [0.1, 0.15) is 0 Å². The molecule has 0 bridgehead atoms. The highest BCUT2D eigenvalue weighted by atomic mass is 16.2. The third kappa shape index (κ3) is 10.7. The van der Waals surface area contributed by atoms with Crippen molar-refractivity contribution in [1.82, 2.24) is 0 Å². The minimum Gasteiger partial charge on any atom is -0.293 e. The Bertz CT molecular complexity index is 850. The van der Waals surface area contributed by atoms with Crippen LogP contribution in [0.5, 0.6) is 0 Å². The van der Waals surface area contributed by atoms with E-state index in [9.17, 15) is 9.59 Å². The van der Waals surface area contributed by atoms with Crippen molar-refractivity contribution in [2.24, 2.45) is 5.92 Å². The third-order valence-electron chi connectivity index (χ3n) is 5.10.